The highest BCUT2D eigenvalue weighted by Crippen LogP contribution is 2.28. The van der Waals surface area contributed by atoms with Gasteiger partial charge in [-0.2, -0.15) is 5.10 Å². The Morgan fingerprint density at radius 2 is 2.09 bits per heavy atom. The maximum atomic E-state index is 13.1. The van der Waals surface area contributed by atoms with Gasteiger partial charge < -0.3 is 10.2 Å². The number of hydrogen-bond acceptors (Lipinski definition) is 4. The molecule has 1 aliphatic heterocycles. The van der Waals surface area contributed by atoms with Crippen LogP contribution in [0.1, 0.15) is 43.2 Å². The van der Waals surface area contributed by atoms with Crippen molar-refractivity contribution < 1.29 is 18.4 Å². The fraction of sp³-hybridized carbons (Fsp3) is 0.643. The predicted octanol–water partition coefficient (Wildman–Crippen LogP) is 1.79. The minimum absolute atomic E-state index is 0.154. The van der Waals surface area contributed by atoms with Gasteiger partial charge in [0.1, 0.15) is 11.7 Å². The minimum atomic E-state index is -2.81. The third kappa shape index (κ3) is 3.82. The molecule has 1 aromatic rings. The lowest BCUT2D eigenvalue weighted by Crippen LogP contribution is -2.52. The first-order valence-electron chi connectivity index (χ1n) is 7.12. The fourth-order valence-corrected chi connectivity index (χ4v) is 3.49. The van der Waals surface area contributed by atoms with Gasteiger partial charge in [0.05, 0.1) is 17.6 Å². The molecule has 2 amide bonds. The fourth-order valence-electron chi connectivity index (χ4n) is 2.34. The molecule has 1 fully saturated rings. The number of aromatic nitrogens is 2. The second-order valence-electron chi connectivity index (χ2n) is 6.40. The number of rotatable bonds is 3. The number of nitrogens with zero attached hydrogens (tertiary/aromatic N) is 3. The van der Waals surface area contributed by atoms with Crippen LogP contribution in [0.3, 0.4) is 0 Å². The van der Waals surface area contributed by atoms with Gasteiger partial charge in [0, 0.05) is 18.3 Å². The van der Waals surface area contributed by atoms with Crippen molar-refractivity contribution >= 4 is 23.6 Å². The summed E-state index contributed by atoms with van der Waals surface area (Å²) in [6.45, 7) is 5.53. The van der Waals surface area contributed by atoms with Gasteiger partial charge >= 0.3 is 0 Å². The van der Waals surface area contributed by atoms with E-state index in [4.69, 9.17) is 0 Å². The highest BCUT2D eigenvalue weighted by Gasteiger charge is 2.38. The average Bonchev–Trinajstić information content (AvgIpc) is 3.01. The summed E-state index contributed by atoms with van der Waals surface area (Å²) in [5, 5.41) is 6.57. The number of carbonyl (C=O) groups excluding carboxylic acids is 2. The molecule has 0 radical (unpaired) electrons. The number of hydrogen-bond donors (Lipinski definition) is 1. The van der Waals surface area contributed by atoms with Crippen molar-refractivity contribution in [2.24, 2.45) is 7.05 Å². The molecule has 1 N–H and O–H groups in total. The van der Waals surface area contributed by atoms with Crippen molar-refractivity contribution in [3.8, 4) is 0 Å². The summed E-state index contributed by atoms with van der Waals surface area (Å²) in [6.07, 6.45) is -1.68. The van der Waals surface area contributed by atoms with Crippen LogP contribution in [0.25, 0.3) is 0 Å². The molecule has 1 unspecified atom stereocenters. The number of aryl methyl sites for hydroxylation is 1. The number of halogens is 2. The standard InChI is InChI=1S/C14H20F2N4O2S/c1-14(2,3)18-12(21)9-6-23-7-20(9)13(22)8-5-17-19(4)10(8)11(15)16/h5,9,11H,6-7H2,1-4H3,(H,18,21). The van der Waals surface area contributed by atoms with Crippen molar-refractivity contribution in [3.05, 3.63) is 17.5 Å². The molecule has 2 rings (SSSR count). The summed E-state index contributed by atoms with van der Waals surface area (Å²) >= 11 is 1.42. The van der Waals surface area contributed by atoms with Crippen LogP contribution in [-0.4, -0.2) is 49.7 Å². The van der Waals surface area contributed by atoms with Crippen LogP contribution in [0, 0.1) is 0 Å². The first kappa shape index (κ1) is 17.7. The van der Waals surface area contributed by atoms with Crippen LogP contribution in [0.2, 0.25) is 0 Å². The molecule has 0 spiro atoms. The number of alkyl halides is 2. The van der Waals surface area contributed by atoms with Gasteiger partial charge in [0.15, 0.2) is 0 Å². The van der Waals surface area contributed by atoms with E-state index >= 15 is 0 Å². The van der Waals surface area contributed by atoms with Crippen molar-refractivity contribution in [2.75, 3.05) is 11.6 Å². The summed E-state index contributed by atoms with van der Waals surface area (Å²) in [7, 11) is 1.36. The Balaban J connectivity index is 2.23. The molecule has 0 aliphatic carbocycles. The highest BCUT2D eigenvalue weighted by molar-refractivity contribution is 7.99. The lowest BCUT2D eigenvalue weighted by atomic mass is 10.1. The summed E-state index contributed by atoms with van der Waals surface area (Å²) in [4.78, 5) is 26.3. The molecule has 128 valence electrons. The smallest absolute Gasteiger partial charge is 0.280 e. The van der Waals surface area contributed by atoms with Crippen molar-refractivity contribution in [3.63, 3.8) is 0 Å². The van der Waals surface area contributed by atoms with Gasteiger partial charge in [-0.05, 0) is 20.8 Å². The lowest BCUT2D eigenvalue weighted by molar-refractivity contribution is -0.125. The van der Waals surface area contributed by atoms with Crippen molar-refractivity contribution in [1.29, 1.82) is 0 Å². The van der Waals surface area contributed by atoms with Crippen molar-refractivity contribution in [2.45, 2.75) is 38.8 Å². The molecule has 1 saturated heterocycles. The first-order chi connectivity index (χ1) is 10.6. The van der Waals surface area contributed by atoms with E-state index in [1.165, 1.54) is 23.7 Å². The molecule has 23 heavy (non-hydrogen) atoms. The summed E-state index contributed by atoms with van der Waals surface area (Å²) < 4.78 is 27.3. The van der Waals surface area contributed by atoms with E-state index in [-0.39, 0.29) is 11.5 Å². The zero-order valence-corrected chi connectivity index (χ0v) is 14.3. The Kier molecular flexibility index (Phi) is 4.98. The highest BCUT2D eigenvalue weighted by atomic mass is 32.2. The average molecular weight is 346 g/mol. The van der Waals surface area contributed by atoms with E-state index in [2.05, 4.69) is 10.4 Å². The molecule has 2 heterocycles. The molecule has 6 nitrogen and oxygen atoms in total. The maximum Gasteiger partial charge on any atom is 0.280 e. The molecular weight excluding hydrogens is 326 g/mol. The van der Waals surface area contributed by atoms with Crippen LogP contribution < -0.4 is 5.32 Å². The lowest BCUT2D eigenvalue weighted by Gasteiger charge is -2.27. The Morgan fingerprint density at radius 3 is 2.65 bits per heavy atom. The number of thioether (sulfide) groups is 1. The maximum absolute atomic E-state index is 13.1. The molecule has 0 bridgehead atoms. The largest absolute Gasteiger partial charge is 0.350 e. The zero-order chi connectivity index (χ0) is 17.4. The monoisotopic (exact) mass is 346 g/mol. The Bertz CT molecular complexity index is 612. The summed E-state index contributed by atoms with van der Waals surface area (Å²) in [5.41, 5.74) is -1.01. The normalized spacial score (nSPS) is 18.6. The van der Waals surface area contributed by atoms with Gasteiger partial charge in [0.2, 0.25) is 5.91 Å². The van der Waals surface area contributed by atoms with E-state index in [1.807, 2.05) is 20.8 Å². The minimum Gasteiger partial charge on any atom is -0.350 e. The second kappa shape index (κ2) is 6.46. The SMILES string of the molecule is Cn1ncc(C(=O)N2CSCC2C(=O)NC(C)(C)C)c1C(F)F. The van der Waals surface area contributed by atoms with Gasteiger partial charge in [-0.15, -0.1) is 11.8 Å². The van der Waals surface area contributed by atoms with E-state index < -0.39 is 29.6 Å². The number of carbonyl (C=O) groups is 2. The quantitative estimate of drug-likeness (QED) is 0.906. The van der Waals surface area contributed by atoms with E-state index in [9.17, 15) is 18.4 Å². The Labute approximate surface area is 137 Å². The van der Waals surface area contributed by atoms with Crippen LogP contribution in [0.5, 0.6) is 0 Å². The predicted molar refractivity (Wildman–Crippen MR) is 83.3 cm³/mol. The van der Waals surface area contributed by atoms with Gasteiger partial charge in [-0.25, -0.2) is 8.78 Å². The van der Waals surface area contributed by atoms with Crippen LogP contribution >= 0.6 is 11.8 Å². The van der Waals surface area contributed by atoms with Crippen LogP contribution in [0.15, 0.2) is 6.20 Å². The Morgan fingerprint density at radius 1 is 1.43 bits per heavy atom. The van der Waals surface area contributed by atoms with Gasteiger partial charge in [-0.3, -0.25) is 14.3 Å². The van der Waals surface area contributed by atoms with Gasteiger partial charge in [-0.1, -0.05) is 0 Å². The number of nitrogens with one attached hydrogen (secondary N) is 1. The Hall–Kier alpha value is -1.64. The third-order valence-corrected chi connectivity index (χ3v) is 4.38. The van der Waals surface area contributed by atoms with Crippen molar-refractivity contribution in [1.82, 2.24) is 20.0 Å². The molecule has 1 atom stereocenters. The molecular formula is C14H20F2N4O2S. The third-order valence-electron chi connectivity index (χ3n) is 3.37. The topological polar surface area (TPSA) is 67.2 Å². The van der Waals surface area contributed by atoms with Gasteiger partial charge in [0.25, 0.3) is 12.3 Å². The first-order valence-corrected chi connectivity index (χ1v) is 8.28. The molecule has 9 heteroatoms. The molecule has 1 aliphatic rings. The number of amides is 2. The molecule has 1 aromatic heterocycles. The van der Waals surface area contributed by atoms with E-state index in [1.54, 1.807) is 0 Å². The zero-order valence-electron chi connectivity index (χ0n) is 13.5. The molecule has 0 aromatic carbocycles. The van der Waals surface area contributed by atoms with Crippen LogP contribution in [0.4, 0.5) is 8.78 Å². The van der Waals surface area contributed by atoms with E-state index in [0.29, 0.717) is 11.6 Å². The van der Waals surface area contributed by atoms with E-state index in [0.717, 1.165) is 10.9 Å². The molecule has 0 saturated carbocycles. The summed E-state index contributed by atoms with van der Waals surface area (Å²) in [6, 6.07) is -0.669. The van der Waals surface area contributed by atoms with Crippen LogP contribution in [-0.2, 0) is 11.8 Å². The second-order valence-corrected chi connectivity index (χ2v) is 7.40. The summed E-state index contributed by atoms with van der Waals surface area (Å²) in [5.74, 6) is -0.137.